The largest absolute Gasteiger partial charge is 0.481 e. The second-order valence-electron chi connectivity index (χ2n) is 20.1. The predicted octanol–water partition coefficient (Wildman–Crippen LogP) is 7.67. The van der Waals surface area contributed by atoms with Gasteiger partial charge in [0.2, 0.25) is 0 Å². The quantitative estimate of drug-likeness (QED) is 0.129. The SMILES string of the molecule is CCC(C(=O)O)C1CC[C@H](C)C([C@@H](C)[C@H](O)[C@H](C)C(=O)[C@H](CC)[C@H]2O[C@]3(CC[C@@H](NCC(C)C)[C@]4(CC[C@@](C)([C@H]5CC[C@](O)(CC)[C@H](C)O5)O4)O3)[C@H](C)C[C@@H]2C)O1. The molecule has 0 radical (unpaired) electrons. The first-order valence-electron chi connectivity index (χ1n) is 23.0. The maximum Gasteiger partial charge on any atom is 0.309 e. The van der Waals surface area contributed by atoms with E-state index in [2.05, 4.69) is 46.9 Å². The average molecular weight is 808 g/mol. The van der Waals surface area contributed by atoms with Gasteiger partial charge >= 0.3 is 5.97 Å². The monoisotopic (exact) mass is 808 g/mol. The molecule has 0 aliphatic carbocycles. The van der Waals surface area contributed by atoms with Gasteiger partial charge in [0.05, 0.1) is 59.8 Å². The molecule has 0 aromatic heterocycles. The first kappa shape index (κ1) is 46.9. The number of hydrogen-bond acceptors (Lipinski definition) is 10. The van der Waals surface area contributed by atoms with Crippen LogP contribution in [0.3, 0.4) is 0 Å². The Hall–Kier alpha value is -1.18. The van der Waals surface area contributed by atoms with Crippen molar-refractivity contribution in [2.24, 2.45) is 47.3 Å². The summed E-state index contributed by atoms with van der Waals surface area (Å²) in [5.74, 6) is -4.13. The minimum absolute atomic E-state index is 0.0160. The Balaban J connectivity index is 1.35. The lowest BCUT2D eigenvalue weighted by Gasteiger charge is -2.57. The van der Waals surface area contributed by atoms with Gasteiger partial charge in [-0.3, -0.25) is 9.59 Å². The molecule has 5 heterocycles. The van der Waals surface area contributed by atoms with E-state index in [-0.39, 0.29) is 53.8 Å². The predicted molar refractivity (Wildman–Crippen MR) is 219 cm³/mol. The highest BCUT2D eigenvalue weighted by Crippen LogP contribution is 2.56. The Labute approximate surface area is 344 Å². The number of aliphatic hydroxyl groups is 2. The molecule has 0 bridgehead atoms. The molecule has 18 atom stereocenters. The lowest BCUT2D eigenvalue weighted by molar-refractivity contribution is -0.430. The molecule has 5 aliphatic heterocycles. The van der Waals surface area contributed by atoms with Crippen LogP contribution in [0.2, 0.25) is 0 Å². The summed E-state index contributed by atoms with van der Waals surface area (Å²) in [5, 5.41) is 36.7. The van der Waals surface area contributed by atoms with Crippen molar-refractivity contribution in [2.45, 2.75) is 226 Å². The molecule has 11 heteroatoms. The van der Waals surface area contributed by atoms with Crippen molar-refractivity contribution in [1.82, 2.24) is 5.32 Å². The van der Waals surface area contributed by atoms with Gasteiger partial charge in [-0.15, -0.1) is 0 Å². The van der Waals surface area contributed by atoms with Gasteiger partial charge in [0, 0.05) is 36.5 Å². The molecule has 57 heavy (non-hydrogen) atoms. The van der Waals surface area contributed by atoms with Gasteiger partial charge in [0.25, 0.3) is 0 Å². The van der Waals surface area contributed by atoms with Gasteiger partial charge in [-0.05, 0) is 102 Å². The van der Waals surface area contributed by atoms with E-state index in [1.165, 1.54) is 0 Å². The standard InChI is InChI=1S/C46H81NO10/c1-13-33(42(50)51)35-17-16-27(6)40(54-35)31(10)38(48)30(9)39(49)34(14-2)41-28(7)24-29(8)45(55-41)21-18-36(47-25-26(4)5)46(57-45)23-22-43(12,56-46)37-19-20-44(52,15-3)32(11)53-37/h26-38,40-41,47-48,52H,13-25H2,1-12H3,(H,50,51)/t27-,28-,29+,30-,31-,32-,33?,34-,35?,36+,37+,38+,40?,41-,43-,44+,45-,46-/m0/s1. The second-order valence-corrected chi connectivity index (χ2v) is 20.1. The molecule has 5 saturated heterocycles. The molecule has 4 N–H and O–H groups in total. The molecule has 0 amide bonds. The van der Waals surface area contributed by atoms with Crippen molar-refractivity contribution in [3.05, 3.63) is 0 Å². The summed E-state index contributed by atoms with van der Waals surface area (Å²) >= 11 is 0. The maximum atomic E-state index is 14.6. The van der Waals surface area contributed by atoms with Gasteiger partial charge in [0.1, 0.15) is 5.78 Å². The van der Waals surface area contributed by atoms with E-state index in [1.807, 2.05) is 41.5 Å². The highest BCUT2D eigenvalue weighted by Gasteiger charge is 2.64. The van der Waals surface area contributed by atoms with E-state index >= 15 is 0 Å². The van der Waals surface area contributed by atoms with Crippen LogP contribution in [0.15, 0.2) is 0 Å². The highest BCUT2D eigenvalue weighted by molar-refractivity contribution is 5.84. The van der Waals surface area contributed by atoms with Gasteiger partial charge in [-0.25, -0.2) is 0 Å². The van der Waals surface area contributed by atoms with E-state index in [1.54, 1.807) is 0 Å². The van der Waals surface area contributed by atoms with Crippen LogP contribution in [0, 0.1) is 47.3 Å². The zero-order valence-corrected chi connectivity index (χ0v) is 37.6. The van der Waals surface area contributed by atoms with Crippen molar-refractivity contribution in [3.8, 4) is 0 Å². The summed E-state index contributed by atoms with van der Waals surface area (Å²) < 4.78 is 35.0. The summed E-state index contributed by atoms with van der Waals surface area (Å²) in [4.78, 5) is 26.6. The van der Waals surface area contributed by atoms with Crippen LogP contribution in [0.1, 0.15) is 160 Å². The van der Waals surface area contributed by atoms with Crippen molar-refractivity contribution in [1.29, 1.82) is 0 Å². The fourth-order valence-electron chi connectivity index (χ4n) is 11.5. The number of carboxylic acid groups (broad SMARTS) is 1. The van der Waals surface area contributed by atoms with Crippen LogP contribution in [0.4, 0.5) is 0 Å². The summed E-state index contributed by atoms with van der Waals surface area (Å²) in [6, 6.07) is -0.0538. The van der Waals surface area contributed by atoms with Crippen molar-refractivity contribution >= 4 is 11.8 Å². The number of aliphatic carboxylic acids is 1. The third-order valence-electron chi connectivity index (χ3n) is 15.7. The van der Waals surface area contributed by atoms with E-state index in [0.717, 1.165) is 32.2 Å². The number of ketones is 1. The fraction of sp³-hybridized carbons (Fsp3) is 0.957. The van der Waals surface area contributed by atoms with Crippen LogP contribution >= 0.6 is 0 Å². The van der Waals surface area contributed by atoms with E-state index in [4.69, 9.17) is 23.7 Å². The maximum absolute atomic E-state index is 14.6. The Morgan fingerprint density at radius 2 is 1.49 bits per heavy atom. The number of carbonyl (C=O) groups excluding carboxylic acids is 1. The molecule has 11 nitrogen and oxygen atoms in total. The third-order valence-corrected chi connectivity index (χ3v) is 15.7. The lowest BCUT2D eigenvalue weighted by atomic mass is 9.72. The summed E-state index contributed by atoms with van der Waals surface area (Å²) in [7, 11) is 0. The molecule has 0 saturated carbocycles. The fourth-order valence-corrected chi connectivity index (χ4v) is 11.5. The summed E-state index contributed by atoms with van der Waals surface area (Å²) in [5.41, 5.74) is -1.45. The summed E-state index contributed by atoms with van der Waals surface area (Å²) in [6.07, 6.45) is 5.67. The van der Waals surface area contributed by atoms with Crippen LogP contribution in [-0.4, -0.2) is 99.1 Å². The number of nitrogens with one attached hydrogen (secondary N) is 1. The number of ether oxygens (including phenoxy) is 5. The third kappa shape index (κ3) is 9.36. The Kier molecular flexibility index (Phi) is 15.2. The number of aliphatic hydroxyl groups excluding tert-OH is 1. The average Bonchev–Trinajstić information content (AvgIpc) is 3.51. The number of carbonyl (C=O) groups is 2. The number of hydrogen-bond donors (Lipinski definition) is 4. The van der Waals surface area contributed by atoms with Gasteiger partial charge in [0.15, 0.2) is 11.6 Å². The molecular formula is C46H81NO10. The molecule has 5 aliphatic rings. The number of carboxylic acids is 1. The first-order chi connectivity index (χ1) is 26.7. The molecular weight excluding hydrogens is 727 g/mol. The second kappa shape index (κ2) is 18.4. The topological polar surface area (TPSA) is 153 Å². The van der Waals surface area contributed by atoms with Crippen molar-refractivity contribution < 1.29 is 48.6 Å². The molecule has 0 aromatic rings. The Bertz CT molecular complexity index is 1360. The van der Waals surface area contributed by atoms with Gasteiger partial charge in [-0.1, -0.05) is 69.2 Å². The Morgan fingerprint density at radius 1 is 0.807 bits per heavy atom. The number of rotatable bonds is 15. The zero-order valence-electron chi connectivity index (χ0n) is 37.6. The van der Waals surface area contributed by atoms with E-state index in [0.29, 0.717) is 57.3 Å². The van der Waals surface area contributed by atoms with E-state index in [9.17, 15) is 24.9 Å². The molecule has 3 unspecified atom stereocenters. The molecule has 330 valence electrons. The normalized spacial score (nSPS) is 44.2. The van der Waals surface area contributed by atoms with Gasteiger partial charge < -0.3 is 44.3 Å². The first-order valence-corrected chi connectivity index (χ1v) is 23.0. The van der Waals surface area contributed by atoms with Crippen molar-refractivity contribution in [2.75, 3.05) is 6.54 Å². The molecule has 5 fully saturated rings. The van der Waals surface area contributed by atoms with Gasteiger partial charge in [-0.2, -0.15) is 0 Å². The lowest BCUT2D eigenvalue weighted by Crippen LogP contribution is -2.67. The molecule has 0 aromatic carbocycles. The number of Topliss-reactive ketones (excluding diaryl/α,β-unsaturated/α-hetero) is 1. The summed E-state index contributed by atoms with van der Waals surface area (Å²) in [6.45, 7) is 25.5. The smallest absolute Gasteiger partial charge is 0.309 e. The molecule has 2 spiro atoms. The minimum atomic E-state index is -0.959. The van der Waals surface area contributed by atoms with Crippen LogP contribution in [0.25, 0.3) is 0 Å². The van der Waals surface area contributed by atoms with Crippen LogP contribution in [-0.2, 0) is 33.3 Å². The Morgan fingerprint density at radius 3 is 2.09 bits per heavy atom. The van der Waals surface area contributed by atoms with Crippen molar-refractivity contribution in [3.63, 3.8) is 0 Å². The highest BCUT2D eigenvalue weighted by atomic mass is 16.8. The minimum Gasteiger partial charge on any atom is -0.481 e. The zero-order chi connectivity index (χ0) is 42.2. The van der Waals surface area contributed by atoms with Crippen LogP contribution < -0.4 is 5.32 Å². The van der Waals surface area contributed by atoms with E-state index < -0.39 is 64.8 Å². The molecule has 5 rings (SSSR count). The van der Waals surface area contributed by atoms with Crippen LogP contribution in [0.5, 0.6) is 0 Å².